The molecule has 19 heavy (non-hydrogen) atoms. The lowest BCUT2D eigenvalue weighted by atomic mass is 10.0. The van der Waals surface area contributed by atoms with Crippen LogP contribution in [0.25, 0.3) is 10.8 Å². The predicted molar refractivity (Wildman–Crippen MR) is 80.3 cm³/mol. The SMILES string of the molecule is CC#CCCNCc1c(OC)ccc2ccccc12. The van der Waals surface area contributed by atoms with E-state index in [1.807, 2.05) is 13.0 Å². The number of rotatable bonds is 5. The smallest absolute Gasteiger partial charge is 0.123 e. The van der Waals surface area contributed by atoms with Crippen molar-refractivity contribution in [2.24, 2.45) is 0 Å². The molecule has 0 bridgehead atoms. The van der Waals surface area contributed by atoms with Crippen LogP contribution in [0.3, 0.4) is 0 Å². The Balaban J connectivity index is 2.20. The summed E-state index contributed by atoms with van der Waals surface area (Å²) in [4.78, 5) is 0. The minimum absolute atomic E-state index is 0.802. The van der Waals surface area contributed by atoms with Gasteiger partial charge in [-0.15, -0.1) is 11.8 Å². The van der Waals surface area contributed by atoms with Crippen LogP contribution in [0.2, 0.25) is 0 Å². The monoisotopic (exact) mass is 253 g/mol. The average molecular weight is 253 g/mol. The number of fused-ring (bicyclic) bond motifs is 1. The van der Waals surface area contributed by atoms with Crippen molar-refractivity contribution in [2.75, 3.05) is 13.7 Å². The number of methoxy groups -OCH3 is 1. The minimum atomic E-state index is 0.802. The van der Waals surface area contributed by atoms with Crippen molar-refractivity contribution in [2.45, 2.75) is 19.9 Å². The summed E-state index contributed by atoms with van der Waals surface area (Å²) in [7, 11) is 1.72. The summed E-state index contributed by atoms with van der Waals surface area (Å²) in [6.45, 7) is 3.57. The zero-order valence-electron chi connectivity index (χ0n) is 11.5. The highest BCUT2D eigenvalue weighted by Crippen LogP contribution is 2.27. The van der Waals surface area contributed by atoms with Gasteiger partial charge in [0.25, 0.3) is 0 Å². The van der Waals surface area contributed by atoms with E-state index >= 15 is 0 Å². The molecule has 2 heteroatoms. The molecule has 0 aliphatic carbocycles. The molecule has 2 aromatic rings. The van der Waals surface area contributed by atoms with Crippen LogP contribution in [0.5, 0.6) is 5.75 Å². The van der Waals surface area contributed by atoms with Gasteiger partial charge >= 0.3 is 0 Å². The van der Waals surface area contributed by atoms with E-state index in [9.17, 15) is 0 Å². The molecule has 0 radical (unpaired) electrons. The Kier molecular flexibility index (Phi) is 4.83. The molecule has 0 unspecified atom stereocenters. The molecular weight excluding hydrogens is 234 g/mol. The van der Waals surface area contributed by atoms with E-state index in [0.29, 0.717) is 0 Å². The third-order valence-electron chi connectivity index (χ3n) is 3.12. The van der Waals surface area contributed by atoms with Crippen LogP contribution < -0.4 is 10.1 Å². The fourth-order valence-electron chi connectivity index (χ4n) is 2.18. The first kappa shape index (κ1) is 13.5. The molecule has 1 N–H and O–H groups in total. The predicted octanol–water partition coefficient (Wildman–Crippen LogP) is 3.35. The summed E-state index contributed by atoms with van der Waals surface area (Å²) in [5, 5.41) is 5.91. The topological polar surface area (TPSA) is 21.3 Å². The number of ether oxygens (including phenoxy) is 1. The molecule has 2 nitrogen and oxygen atoms in total. The van der Waals surface area contributed by atoms with Crippen molar-refractivity contribution < 1.29 is 4.74 Å². The first-order valence-electron chi connectivity index (χ1n) is 6.51. The molecule has 0 heterocycles. The summed E-state index contributed by atoms with van der Waals surface area (Å²) < 4.78 is 5.46. The standard InChI is InChI=1S/C17H19NO/c1-3-4-7-12-18-13-16-15-9-6-5-8-14(15)10-11-17(16)19-2/h5-6,8-11,18H,7,12-13H2,1-2H3. The zero-order valence-corrected chi connectivity index (χ0v) is 11.5. The largest absolute Gasteiger partial charge is 0.496 e. The van der Waals surface area contributed by atoms with Crippen LogP contribution in [0, 0.1) is 11.8 Å². The van der Waals surface area contributed by atoms with Gasteiger partial charge in [0.15, 0.2) is 0 Å². The first-order valence-corrected chi connectivity index (χ1v) is 6.51. The van der Waals surface area contributed by atoms with Crippen LogP contribution in [0.1, 0.15) is 18.9 Å². The van der Waals surface area contributed by atoms with Crippen molar-refractivity contribution >= 4 is 10.8 Å². The molecule has 98 valence electrons. The van der Waals surface area contributed by atoms with Gasteiger partial charge in [0, 0.05) is 25.1 Å². The third kappa shape index (κ3) is 3.27. The molecule has 0 aliphatic rings. The van der Waals surface area contributed by atoms with Crippen LogP contribution in [0.15, 0.2) is 36.4 Å². The summed E-state index contributed by atoms with van der Waals surface area (Å²) in [6.07, 6.45) is 0.879. The maximum Gasteiger partial charge on any atom is 0.123 e. The third-order valence-corrected chi connectivity index (χ3v) is 3.12. The molecule has 0 fully saturated rings. The number of nitrogens with one attached hydrogen (secondary N) is 1. The van der Waals surface area contributed by atoms with E-state index in [-0.39, 0.29) is 0 Å². The second-order valence-electron chi connectivity index (χ2n) is 4.32. The maximum absolute atomic E-state index is 5.46. The molecular formula is C17H19NO. The zero-order chi connectivity index (χ0) is 13.5. The molecule has 2 rings (SSSR count). The molecule has 0 spiro atoms. The molecule has 0 aliphatic heterocycles. The van der Waals surface area contributed by atoms with Crippen molar-refractivity contribution in [3.05, 3.63) is 42.0 Å². The number of hydrogen-bond acceptors (Lipinski definition) is 2. The molecule has 2 aromatic carbocycles. The highest BCUT2D eigenvalue weighted by atomic mass is 16.5. The van der Waals surface area contributed by atoms with Gasteiger partial charge in [0.2, 0.25) is 0 Å². The lowest BCUT2D eigenvalue weighted by Crippen LogP contribution is -2.15. The van der Waals surface area contributed by atoms with Gasteiger partial charge in [-0.1, -0.05) is 30.3 Å². The van der Waals surface area contributed by atoms with Gasteiger partial charge in [-0.25, -0.2) is 0 Å². The van der Waals surface area contributed by atoms with Gasteiger partial charge in [0.1, 0.15) is 5.75 Å². The van der Waals surface area contributed by atoms with Crippen molar-refractivity contribution in [1.82, 2.24) is 5.32 Å². The van der Waals surface area contributed by atoms with Crippen LogP contribution in [-0.2, 0) is 6.54 Å². The first-order chi connectivity index (χ1) is 9.36. The minimum Gasteiger partial charge on any atom is -0.496 e. The van der Waals surface area contributed by atoms with E-state index in [0.717, 1.165) is 25.3 Å². The Hall–Kier alpha value is -1.98. The maximum atomic E-state index is 5.46. The van der Waals surface area contributed by atoms with Gasteiger partial charge < -0.3 is 10.1 Å². The Morgan fingerprint density at radius 2 is 2.00 bits per heavy atom. The Morgan fingerprint density at radius 1 is 1.16 bits per heavy atom. The van der Waals surface area contributed by atoms with Crippen molar-refractivity contribution in [1.29, 1.82) is 0 Å². The normalized spacial score (nSPS) is 10.0. The van der Waals surface area contributed by atoms with E-state index in [2.05, 4.69) is 47.5 Å². The highest BCUT2D eigenvalue weighted by Gasteiger charge is 2.07. The van der Waals surface area contributed by atoms with Gasteiger partial charge in [0.05, 0.1) is 7.11 Å². The molecule has 0 saturated carbocycles. The molecule has 0 aromatic heterocycles. The second-order valence-corrected chi connectivity index (χ2v) is 4.32. The van der Waals surface area contributed by atoms with E-state index in [1.54, 1.807) is 7.11 Å². The fourth-order valence-corrected chi connectivity index (χ4v) is 2.18. The van der Waals surface area contributed by atoms with Gasteiger partial charge in [-0.2, -0.15) is 0 Å². The Labute approximate surface area is 114 Å². The second kappa shape index (κ2) is 6.82. The number of benzene rings is 2. The van der Waals surface area contributed by atoms with Crippen LogP contribution in [0.4, 0.5) is 0 Å². The molecule has 0 amide bonds. The molecule has 0 atom stereocenters. The van der Waals surface area contributed by atoms with E-state index in [1.165, 1.54) is 16.3 Å². The van der Waals surface area contributed by atoms with Gasteiger partial charge in [-0.3, -0.25) is 0 Å². The summed E-state index contributed by atoms with van der Waals surface area (Å²) in [5.41, 5.74) is 1.21. The molecule has 0 saturated heterocycles. The summed E-state index contributed by atoms with van der Waals surface area (Å²) >= 11 is 0. The summed E-state index contributed by atoms with van der Waals surface area (Å²) in [6, 6.07) is 12.5. The number of hydrogen-bond donors (Lipinski definition) is 1. The van der Waals surface area contributed by atoms with Crippen LogP contribution >= 0.6 is 0 Å². The quantitative estimate of drug-likeness (QED) is 0.651. The lowest BCUT2D eigenvalue weighted by Gasteiger charge is -2.12. The van der Waals surface area contributed by atoms with E-state index in [4.69, 9.17) is 4.74 Å². The average Bonchev–Trinajstić information content (AvgIpc) is 2.47. The highest BCUT2D eigenvalue weighted by molar-refractivity contribution is 5.87. The van der Waals surface area contributed by atoms with Crippen molar-refractivity contribution in [3.8, 4) is 17.6 Å². The Morgan fingerprint density at radius 3 is 2.79 bits per heavy atom. The van der Waals surface area contributed by atoms with Gasteiger partial charge in [-0.05, 0) is 23.8 Å². The van der Waals surface area contributed by atoms with Crippen molar-refractivity contribution in [3.63, 3.8) is 0 Å². The van der Waals surface area contributed by atoms with E-state index < -0.39 is 0 Å². The fraction of sp³-hybridized carbons (Fsp3) is 0.294. The van der Waals surface area contributed by atoms with Crippen LogP contribution in [-0.4, -0.2) is 13.7 Å². The lowest BCUT2D eigenvalue weighted by molar-refractivity contribution is 0.409. The summed E-state index contributed by atoms with van der Waals surface area (Å²) in [5.74, 6) is 6.90. The Bertz CT molecular complexity index is 607.